The first-order chi connectivity index (χ1) is 10.5. The van der Waals surface area contributed by atoms with Crippen LogP contribution in [0, 0.1) is 11.6 Å². The van der Waals surface area contributed by atoms with E-state index in [2.05, 4.69) is 15.5 Å². The lowest BCUT2D eigenvalue weighted by Gasteiger charge is -2.33. The van der Waals surface area contributed by atoms with Crippen molar-refractivity contribution in [2.24, 2.45) is 0 Å². The van der Waals surface area contributed by atoms with Crippen molar-refractivity contribution in [2.45, 2.75) is 31.5 Å². The maximum atomic E-state index is 13.5. The molecular weight excluding hydrogens is 292 g/mol. The van der Waals surface area contributed by atoms with Gasteiger partial charge in [-0.05, 0) is 25.5 Å². The fourth-order valence-corrected chi connectivity index (χ4v) is 3.08. The van der Waals surface area contributed by atoms with Crippen molar-refractivity contribution in [3.05, 3.63) is 29.8 Å². The van der Waals surface area contributed by atoms with E-state index in [1.165, 1.54) is 0 Å². The topological polar surface area (TPSA) is 53.6 Å². The quantitative estimate of drug-likeness (QED) is 0.878. The molecule has 0 saturated carbocycles. The number of halogens is 2. The average molecular weight is 311 g/mol. The Labute approximate surface area is 127 Å². The Morgan fingerprint density at radius 1 is 1.36 bits per heavy atom. The molecular formula is C15H19F2N3O2. The Morgan fingerprint density at radius 2 is 2.18 bits per heavy atom. The number of urea groups is 1. The molecule has 2 heterocycles. The molecule has 2 N–H and O–H groups in total. The zero-order valence-corrected chi connectivity index (χ0v) is 12.3. The molecule has 7 heteroatoms. The minimum atomic E-state index is -0.664. The third kappa shape index (κ3) is 3.36. The summed E-state index contributed by atoms with van der Waals surface area (Å²) in [5.74, 6) is -1.26. The number of fused-ring (bicyclic) bond motifs is 1. The lowest BCUT2D eigenvalue weighted by atomic mass is 10.1. The SMILES string of the molecule is C[C@H]1CN2C[C@@H](NC(=O)Nc3cc(F)ccc3F)C[C@H]2CO1. The van der Waals surface area contributed by atoms with Gasteiger partial charge in [-0.25, -0.2) is 13.6 Å². The third-order valence-electron chi connectivity index (χ3n) is 4.10. The summed E-state index contributed by atoms with van der Waals surface area (Å²) in [6.07, 6.45) is 0.997. The molecule has 0 aliphatic carbocycles. The number of nitrogens with one attached hydrogen (secondary N) is 2. The van der Waals surface area contributed by atoms with Crippen molar-refractivity contribution in [3.8, 4) is 0 Å². The fourth-order valence-electron chi connectivity index (χ4n) is 3.08. The number of anilines is 1. The Hall–Kier alpha value is -1.73. The van der Waals surface area contributed by atoms with Gasteiger partial charge in [0, 0.05) is 31.2 Å². The van der Waals surface area contributed by atoms with Gasteiger partial charge in [-0.15, -0.1) is 0 Å². The summed E-state index contributed by atoms with van der Waals surface area (Å²) in [5.41, 5.74) is -0.162. The molecule has 0 bridgehead atoms. The van der Waals surface area contributed by atoms with E-state index in [4.69, 9.17) is 4.74 Å². The highest BCUT2D eigenvalue weighted by Crippen LogP contribution is 2.23. The fraction of sp³-hybridized carbons (Fsp3) is 0.533. The van der Waals surface area contributed by atoms with Crippen LogP contribution in [0.25, 0.3) is 0 Å². The van der Waals surface area contributed by atoms with Crippen LogP contribution in [0.1, 0.15) is 13.3 Å². The van der Waals surface area contributed by atoms with E-state index in [-0.39, 0.29) is 17.8 Å². The van der Waals surface area contributed by atoms with Crippen molar-refractivity contribution < 1.29 is 18.3 Å². The highest BCUT2D eigenvalue weighted by atomic mass is 19.1. The predicted molar refractivity (Wildman–Crippen MR) is 77.7 cm³/mol. The number of ether oxygens (including phenoxy) is 1. The Bertz CT molecular complexity index is 570. The molecule has 2 fully saturated rings. The van der Waals surface area contributed by atoms with Gasteiger partial charge in [-0.1, -0.05) is 0 Å². The second-order valence-corrected chi connectivity index (χ2v) is 5.91. The molecule has 22 heavy (non-hydrogen) atoms. The zero-order valence-electron chi connectivity index (χ0n) is 12.3. The third-order valence-corrected chi connectivity index (χ3v) is 4.10. The summed E-state index contributed by atoms with van der Waals surface area (Å²) in [6.45, 7) is 4.29. The van der Waals surface area contributed by atoms with Crippen molar-refractivity contribution >= 4 is 11.7 Å². The molecule has 0 spiro atoms. The number of amides is 2. The Balaban J connectivity index is 1.55. The van der Waals surface area contributed by atoms with Gasteiger partial charge < -0.3 is 15.4 Å². The van der Waals surface area contributed by atoms with Gasteiger partial charge in [0.2, 0.25) is 0 Å². The van der Waals surface area contributed by atoms with E-state index in [1.807, 2.05) is 6.92 Å². The molecule has 2 aliphatic heterocycles. The first kappa shape index (κ1) is 15.2. The number of carbonyl (C=O) groups is 1. The van der Waals surface area contributed by atoms with Crippen molar-refractivity contribution in [2.75, 3.05) is 25.0 Å². The number of nitrogens with zero attached hydrogens (tertiary/aromatic N) is 1. The average Bonchev–Trinajstić information content (AvgIpc) is 2.84. The van der Waals surface area contributed by atoms with Gasteiger partial charge in [0.15, 0.2) is 0 Å². The molecule has 2 amide bonds. The minimum absolute atomic E-state index is 0.0180. The lowest BCUT2D eigenvalue weighted by Crippen LogP contribution is -2.45. The Morgan fingerprint density at radius 3 is 3.00 bits per heavy atom. The van der Waals surface area contributed by atoms with Gasteiger partial charge >= 0.3 is 6.03 Å². The summed E-state index contributed by atoms with van der Waals surface area (Å²) in [4.78, 5) is 14.2. The van der Waals surface area contributed by atoms with Crippen LogP contribution in [0.4, 0.5) is 19.3 Å². The van der Waals surface area contributed by atoms with Crippen molar-refractivity contribution in [1.29, 1.82) is 0 Å². The highest BCUT2D eigenvalue weighted by Gasteiger charge is 2.36. The number of carbonyl (C=O) groups excluding carboxylic acids is 1. The van der Waals surface area contributed by atoms with Crippen LogP contribution in [-0.4, -0.2) is 48.8 Å². The van der Waals surface area contributed by atoms with E-state index in [1.54, 1.807) is 0 Å². The molecule has 1 aromatic carbocycles. The number of hydrogen-bond donors (Lipinski definition) is 2. The van der Waals surface area contributed by atoms with Crippen LogP contribution in [0.15, 0.2) is 18.2 Å². The molecule has 2 aliphatic rings. The van der Waals surface area contributed by atoms with Gasteiger partial charge in [0.25, 0.3) is 0 Å². The van der Waals surface area contributed by atoms with Crippen molar-refractivity contribution in [1.82, 2.24) is 10.2 Å². The molecule has 3 atom stereocenters. The van der Waals surface area contributed by atoms with Crippen LogP contribution >= 0.6 is 0 Å². The molecule has 2 saturated heterocycles. The van der Waals surface area contributed by atoms with E-state index in [0.29, 0.717) is 12.6 Å². The number of rotatable bonds is 2. The van der Waals surface area contributed by atoms with Crippen LogP contribution in [0.3, 0.4) is 0 Å². The van der Waals surface area contributed by atoms with Crippen molar-refractivity contribution in [3.63, 3.8) is 0 Å². The molecule has 0 radical (unpaired) electrons. The molecule has 0 aromatic heterocycles. The number of morpholine rings is 1. The minimum Gasteiger partial charge on any atom is -0.376 e. The van der Waals surface area contributed by atoms with Gasteiger partial charge in [0.1, 0.15) is 11.6 Å². The van der Waals surface area contributed by atoms with Crippen LogP contribution in [0.5, 0.6) is 0 Å². The monoisotopic (exact) mass is 311 g/mol. The van der Waals surface area contributed by atoms with Gasteiger partial charge in [-0.3, -0.25) is 4.90 Å². The molecule has 1 aromatic rings. The normalized spacial score (nSPS) is 28.2. The molecule has 120 valence electrons. The first-order valence-corrected chi connectivity index (χ1v) is 7.39. The summed E-state index contributed by atoms with van der Waals surface area (Å²) in [6, 6.07) is 2.72. The van der Waals surface area contributed by atoms with E-state index < -0.39 is 17.7 Å². The Kier molecular flexibility index (Phi) is 4.26. The molecule has 3 rings (SSSR count). The number of benzene rings is 1. The molecule has 5 nitrogen and oxygen atoms in total. The molecule has 0 unspecified atom stereocenters. The summed E-state index contributed by atoms with van der Waals surface area (Å²) in [7, 11) is 0. The zero-order chi connectivity index (χ0) is 15.7. The second kappa shape index (κ2) is 6.18. The predicted octanol–water partition coefficient (Wildman–Crippen LogP) is 1.95. The summed E-state index contributed by atoms with van der Waals surface area (Å²) >= 11 is 0. The lowest BCUT2D eigenvalue weighted by molar-refractivity contribution is -0.0390. The highest BCUT2D eigenvalue weighted by molar-refractivity contribution is 5.89. The maximum absolute atomic E-state index is 13.5. The largest absolute Gasteiger partial charge is 0.376 e. The van der Waals surface area contributed by atoms with Crippen LogP contribution in [0.2, 0.25) is 0 Å². The standard InChI is InChI=1S/C15H19F2N3O2/c1-9-6-20-7-11(5-12(20)8-22-9)18-15(21)19-14-4-10(16)2-3-13(14)17/h2-4,9,11-12H,5-8H2,1H3,(H2,18,19,21)/t9-,11-,12-/m0/s1. The number of hydrogen-bond acceptors (Lipinski definition) is 3. The summed E-state index contributed by atoms with van der Waals surface area (Å²) < 4.78 is 32.2. The van der Waals surface area contributed by atoms with E-state index in [9.17, 15) is 13.6 Å². The smallest absolute Gasteiger partial charge is 0.319 e. The first-order valence-electron chi connectivity index (χ1n) is 7.39. The second-order valence-electron chi connectivity index (χ2n) is 5.91. The van der Waals surface area contributed by atoms with E-state index >= 15 is 0 Å². The van der Waals surface area contributed by atoms with Crippen LogP contribution in [-0.2, 0) is 4.74 Å². The van der Waals surface area contributed by atoms with Gasteiger partial charge in [-0.2, -0.15) is 0 Å². The van der Waals surface area contributed by atoms with Gasteiger partial charge in [0.05, 0.1) is 18.4 Å². The van der Waals surface area contributed by atoms with E-state index in [0.717, 1.165) is 37.7 Å². The summed E-state index contributed by atoms with van der Waals surface area (Å²) in [5, 5.41) is 5.16. The van der Waals surface area contributed by atoms with Crippen LogP contribution < -0.4 is 10.6 Å². The maximum Gasteiger partial charge on any atom is 0.319 e.